The first-order valence-corrected chi connectivity index (χ1v) is 6.65. The molecule has 0 aliphatic heterocycles. The van der Waals surface area contributed by atoms with Crippen LogP contribution in [0.3, 0.4) is 0 Å². The number of carbonyl (C=O) groups is 2. The number of thiophene rings is 1. The van der Waals surface area contributed by atoms with E-state index in [2.05, 4.69) is 5.32 Å². The normalized spacial score (nSPS) is 11.6. The van der Waals surface area contributed by atoms with Crippen molar-refractivity contribution in [1.29, 1.82) is 0 Å². The summed E-state index contributed by atoms with van der Waals surface area (Å²) < 4.78 is 5.09. The van der Waals surface area contributed by atoms with Gasteiger partial charge in [-0.1, -0.05) is 24.3 Å². The molecule has 2 aromatic rings. The summed E-state index contributed by atoms with van der Waals surface area (Å²) in [6, 6.07) is 12.5. The third-order valence-corrected chi connectivity index (χ3v) is 3.27. The summed E-state index contributed by atoms with van der Waals surface area (Å²) >= 11 is 1.28. The Bertz CT molecular complexity index is 551. The van der Waals surface area contributed by atoms with Gasteiger partial charge >= 0.3 is 5.97 Å². The topological polar surface area (TPSA) is 55.4 Å². The van der Waals surface area contributed by atoms with Crippen molar-refractivity contribution in [2.75, 3.05) is 5.32 Å². The SMILES string of the molecule is CC(OC(=O)c1cccs1)C(=O)Nc1ccccc1. The largest absolute Gasteiger partial charge is 0.448 e. The summed E-state index contributed by atoms with van der Waals surface area (Å²) in [6.45, 7) is 1.55. The summed E-state index contributed by atoms with van der Waals surface area (Å²) in [5.74, 6) is -0.832. The van der Waals surface area contributed by atoms with E-state index in [4.69, 9.17) is 4.74 Å². The fourth-order valence-corrected chi connectivity index (χ4v) is 2.04. The van der Waals surface area contributed by atoms with Crippen molar-refractivity contribution in [3.8, 4) is 0 Å². The monoisotopic (exact) mass is 275 g/mol. The molecule has 0 saturated heterocycles. The number of para-hydroxylation sites is 1. The second kappa shape index (κ2) is 6.15. The van der Waals surface area contributed by atoms with E-state index < -0.39 is 12.1 Å². The highest BCUT2D eigenvalue weighted by Crippen LogP contribution is 2.12. The molecule has 1 N–H and O–H groups in total. The zero-order chi connectivity index (χ0) is 13.7. The minimum Gasteiger partial charge on any atom is -0.448 e. The molecule has 0 aliphatic rings. The number of esters is 1. The first kappa shape index (κ1) is 13.3. The molecule has 1 atom stereocenters. The Morgan fingerprint density at radius 3 is 2.53 bits per heavy atom. The number of anilines is 1. The van der Waals surface area contributed by atoms with Crippen molar-refractivity contribution < 1.29 is 14.3 Å². The van der Waals surface area contributed by atoms with Gasteiger partial charge in [0.05, 0.1) is 0 Å². The highest BCUT2D eigenvalue weighted by molar-refractivity contribution is 7.11. The average Bonchev–Trinajstić information content (AvgIpc) is 2.93. The van der Waals surface area contributed by atoms with Gasteiger partial charge in [-0.25, -0.2) is 4.79 Å². The van der Waals surface area contributed by atoms with Gasteiger partial charge in [0, 0.05) is 5.69 Å². The number of hydrogen-bond acceptors (Lipinski definition) is 4. The van der Waals surface area contributed by atoms with Crippen LogP contribution in [-0.2, 0) is 9.53 Å². The molecule has 1 amide bonds. The molecule has 1 aromatic heterocycles. The molecule has 0 fully saturated rings. The third kappa shape index (κ3) is 3.66. The summed E-state index contributed by atoms with van der Waals surface area (Å²) in [4.78, 5) is 24.0. The number of ether oxygens (including phenoxy) is 1. The number of hydrogen-bond donors (Lipinski definition) is 1. The molecule has 5 heteroatoms. The smallest absolute Gasteiger partial charge is 0.349 e. The van der Waals surface area contributed by atoms with Gasteiger partial charge in [-0.3, -0.25) is 4.79 Å². The quantitative estimate of drug-likeness (QED) is 0.873. The van der Waals surface area contributed by atoms with Crippen LogP contribution in [0, 0.1) is 0 Å². The van der Waals surface area contributed by atoms with Crippen LogP contribution in [0.15, 0.2) is 47.8 Å². The van der Waals surface area contributed by atoms with Crippen molar-refractivity contribution in [2.24, 2.45) is 0 Å². The molecule has 1 heterocycles. The standard InChI is InChI=1S/C14H13NO3S/c1-10(18-14(17)12-8-5-9-19-12)13(16)15-11-6-3-2-4-7-11/h2-10H,1H3,(H,15,16). The summed E-state index contributed by atoms with van der Waals surface area (Å²) in [5.41, 5.74) is 0.673. The Balaban J connectivity index is 1.91. The highest BCUT2D eigenvalue weighted by Gasteiger charge is 2.19. The molecule has 0 spiro atoms. The van der Waals surface area contributed by atoms with Crippen LogP contribution < -0.4 is 5.32 Å². The summed E-state index contributed by atoms with van der Waals surface area (Å²) in [6.07, 6.45) is -0.838. The maximum absolute atomic E-state index is 11.8. The van der Waals surface area contributed by atoms with Gasteiger partial charge in [-0.15, -0.1) is 11.3 Å². The average molecular weight is 275 g/mol. The van der Waals surface area contributed by atoms with Gasteiger partial charge in [0.15, 0.2) is 6.10 Å². The van der Waals surface area contributed by atoms with E-state index in [0.29, 0.717) is 10.6 Å². The molecule has 0 aliphatic carbocycles. The molecular weight excluding hydrogens is 262 g/mol. The Kier molecular flexibility index (Phi) is 4.30. The minimum atomic E-state index is -0.838. The van der Waals surface area contributed by atoms with Crippen LogP contribution in [-0.4, -0.2) is 18.0 Å². The van der Waals surface area contributed by atoms with Crippen molar-refractivity contribution in [3.05, 3.63) is 52.7 Å². The summed E-state index contributed by atoms with van der Waals surface area (Å²) in [5, 5.41) is 4.46. The van der Waals surface area contributed by atoms with E-state index in [-0.39, 0.29) is 5.91 Å². The van der Waals surface area contributed by atoms with Crippen molar-refractivity contribution in [2.45, 2.75) is 13.0 Å². The Labute approximate surface area is 115 Å². The molecule has 1 unspecified atom stereocenters. The fraction of sp³-hybridized carbons (Fsp3) is 0.143. The number of nitrogens with one attached hydrogen (secondary N) is 1. The van der Waals surface area contributed by atoms with Crippen LogP contribution >= 0.6 is 11.3 Å². The van der Waals surface area contributed by atoms with Crippen LogP contribution in [0.5, 0.6) is 0 Å². The minimum absolute atomic E-state index is 0.351. The molecule has 19 heavy (non-hydrogen) atoms. The van der Waals surface area contributed by atoms with Crippen LogP contribution in [0.1, 0.15) is 16.6 Å². The third-order valence-electron chi connectivity index (χ3n) is 2.42. The molecule has 98 valence electrons. The van der Waals surface area contributed by atoms with E-state index >= 15 is 0 Å². The van der Waals surface area contributed by atoms with Crippen LogP contribution in [0.2, 0.25) is 0 Å². The molecular formula is C14H13NO3S. The van der Waals surface area contributed by atoms with Gasteiger partial charge in [-0.05, 0) is 30.5 Å². The summed E-state index contributed by atoms with van der Waals surface area (Å²) in [7, 11) is 0. The Morgan fingerprint density at radius 1 is 1.16 bits per heavy atom. The molecule has 0 radical (unpaired) electrons. The maximum Gasteiger partial charge on any atom is 0.349 e. The lowest BCUT2D eigenvalue weighted by Crippen LogP contribution is -2.29. The zero-order valence-electron chi connectivity index (χ0n) is 10.3. The van der Waals surface area contributed by atoms with Crippen molar-refractivity contribution in [3.63, 3.8) is 0 Å². The lowest BCUT2D eigenvalue weighted by atomic mass is 10.3. The van der Waals surface area contributed by atoms with E-state index in [0.717, 1.165) is 0 Å². The van der Waals surface area contributed by atoms with Crippen molar-refractivity contribution in [1.82, 2.24) is 0 Å². The molecule has 0 saturated carbocycles. The molecule has 1 aromatic carbocycles. The molecule has 4 nitrogen and oxygen atoms in total. The second-order valence-corrected chi connectivity index (χ2v) is 4.83. The highest BCUT2D eigenvalue weighted by atomic mass is 32.1. The van der Waals surface area contributed by atoms with Crippen LogP contribution in [0.4, 0.5) is 5.69 Å². The maximum atomic E-state index is 11.8. The predicted octanol–water partition coefficient (Wildman–Crippen LogP) is 2.93. The predicted molar refractivity (Wildman–Crippen MR) is 74.3 cm³/mol. The number of carbonyl (C=O) groups excluding carboxylic acids is 2. The Morgan fingerprint density at radius 2 is 1.89 bits per heavy atom. The zero-order valence-corrected chi connectivity index (χ0v) is 11.1. The van der Waals surface area contributed by atoms with Crippen LogP contribution in [0.25, 0.3) is 0 Å². The number of rotatable bonds is 4. The molecule has 2 rings (SSSR count). The molecule has 0 bridgehead atoms. The lowest BCUT2D eigenvalue weighted by molar-refractivity contribution is -0.123. The van der Waals surface area contributed by atoms with E-state index in [9.17, 15) is 9.59 Å². The van der Waals surface area contributed by atoms with Gasteiger partial charge in [0.25, 0.3) is 5.91 Å². The van der Waals surface area contributed by atoms with Gasteiger partial charge in [-0.2, -0.15) is 0 Å². The van der Waals surface area contributed by atoms with Gasteiger partial charge in [0.1, 0.15) is 4.88 Å². The van der Waals surface area contributed by atoms with Gasteiger partial charge < -0.3 is 10.1 Å². The Hall–Kier alpha value is -2.14. The van der Waals surface area contributed by atoms with Gasteiger partial charge in [0.2, 0.25) is 0 Å². The fourth-order valence-electron chi connectivity index (χ4n) is 1.43. The van der Waals surface area contributed by atoms with Crippen molar-refractivity contribution >= 4 is 28.9 Å². The lowest BCUT2D eigenvalue weighted by Gasteiger charge is -2.12. The number of benzene rings is 1. The second-order valence-electron chi connectivity index (χ2n) is 3.88. The van der Waals surface area contributed by atoms with E-state index in [1.165, 1.54) is 11.3 Å². The van der Waals surface area contributed by atoms with E-state index in [1.54, 1.807) is 36.6 Å². The number of amides is 1. The first-order chi connectivity index (χ1) is 9.16. The van der Waals surface area contributed by atoms with E-state index in [1.807, 2.05) is 18.2 Å². The first-order valence-electron chi connectivity index (χ1n) is 5.77.